The average molecular weight is 303 g/mol. The van der Waals surface area contributed by atoms with E-state index in [9.17, 15) is 22.4 Å². The minimum absolute atomic E-state index is 0.0957. The predicted octanol–water partition coefficient (Wildman–Crippen LogP) is 1.04. The van der Waals surface area contributed by atoms with Gasteiger partial charge in [0.2, 0.25) is 5.91 Å². The number of carboxylic acid groups (broad SMARTS) is 1. The van der Waals surface area contributed by atoms with Crippen LogP contribution < -0.4 is 5.32 Å². The Morgan fingerprint density at radius 3 is 2.45 bits per heavy atom. The molecule has 0 aliphatic heterocycles. The number of carbonyl (C=O) groups is 2. The van der Waals surface area contributed by atoms with Crippen molar-refractivity contribution in [1.82, 2.24) is 0 Å². The molecule has 6 nitrogen and oxygen atoms in total. The summed E-state index contributed by atoms with van der Waals surface area (Å²) in [5, 5.41) is 11.1. The lowest BCUT2D eigenvalue weighted by Crippen LogP contribution is -2.44. The van der Waals surface area contributed by atoms with Crippen molar-refractivity contribution < 1.29 is 27.5 Å². The molecule has 0 aromatic heterocycles. The molecular weight excluding hydrogens is 289 g/mol. The Labute approximate surface area is 115 Å². The molecule has 0 saturated carbocycles. The summed E-state index contributed by atoms with van der Waals surface area (Å²) in [6.45, 7) is 2.00. The number of nitrogens with one attached hydrogen (secondary N) is 1. The van der Waals surface area contributed by atoms with Gasteiger partial charge in [0.25, 0.3) is 0 Å². The summed E-state index contributed by atoms with van der Waals surface area (Å²) in [5.74, 6) is -4.06. The molecule has 0 aliphatic rings. The molecule has 8 heteroatoms. The number of rotatable bonds is 5. The van der Waals surface area contributed by atoms with Gasteiger partial charge in [-0.1, -0.05) is 6.07 Å². The van der Waals surface area contributed by atoms with Crippen molar-refractivity contribution in [3.8, 4) is 0 Å². The van der Waals surface area contributed by atoms with Crippen LogP contribution >= 0.6 is 0 Å². The highest BCUT2D eigenvalue weighted by Crippen LogP contribution is 2.18. The second-order valence-corrected chi connectivity index (χ2v) is 7.17. The van der Waals surface area contributed by atoms with E-state index in [2.05, 4.69) is 5.32 Å². The van der Waals surface area contributed by atoms with Crippen molar-refractivity contribution in [3.63, 3.8) is 0 Å². The summed E-state index contributed by atoms with van der Waals surface area (Å²) in [4.78, 5) is 22.5. The molecule has 0 saturated heterocycles. The van der Waals surface area contributed by atoms with Gasteiger partial charge in [0.1, 0.15) is 11.6 Å². The zero-order valence-corrected chi connectivity index (χ0v) is 11.7. The van der Waals surface area contributed by atoms with Crippen LogP contribution in [-0.4, -0.2) is 35.9 Å². The first-order chi connectivity index (χ1) is 9.06. The molecule has 0 radical (unpaired) electrons. The van der Waals surface area contributed by atoms with E-state index in [0.29, 0.717) is 0 Å². The molecule has 20 heavy (non-hydrogen) atoms. The van der Waals surface area contributed by atoms with Gasteiger partial charge in [0.05, 0.1) is 0 Å². The minimum Gasteiger partial charge on any atom is -0.480 e. The van der Waals surface area contributed by atoms with Crippen LogP contribution in [-0.2, 0) is 19.4 Å². The van der Waals surface area contributed by atoms with Gasteiger partial charge in [-0.15, -0.1) is 0 Å². The Morgan fingerprint density at radius 2 is 1.95 bits per heavy atom. The van der Waals surface area contributed by atoms with Gasteiger partial charge >= 0.3 is 5.97 Å². The maximum Gasteiger partial charge on any atom is 0.324 e. The number of carbonyl (C=O) groups excluding carboxylic acids is 1. The molecular formula is C12H14FNO5S. The fraction of sp³-hybridized carbons (Fsp3) is 0.333. The molecule has 0 spiro atoms. The number of hydrogen-bond acceptors (Lipinski definition) is 4. The summed E-state index contributed by atoms with van der Waals surface area (Å²) < 4.78 is 34.5. The zero-order chi connectivity index (χ0) is 15.6. The molecule has 0 unspecified atom stereocenters. The molecule has 0 atom stereocenters. The smallest absolute Gasteiger partial charge is 0.324 e. The van der Waals surface area contributed by atoms with Crippen LogP contribution in [0.1, 0.15) is 13.8 Å². The number of benzene rings is 1. The SMILES string of the molecule is CC(C)(C(=O)O)S(=O)(=O)CC(=O)Nc1cccc(F)c1. The van der Waals surface area contributed by atoms with E-state index in [-0.39, 0.29) is 5.69 Å². The third kappa shape index (κ3) is 3.53. The number of hydrogen-bond donors (Lipinski definition) is 2. The number of carboxylic acids is 1. The van der Waals surface area contributed by atoms with E-state index >= 15 is 0 Å². The third-order valence-electron chi connectivity index (χ3n) is 2.72. The average Bonchev–Trinajstić information content (AvgIpc) is 2.27. The molecule has 1 aromatic rings. The van der Waals surface area contributed by atoms with E-state index in [0.717, 1.165) is 19.9 Å². The molecule has 0 aliphatic carbocycles. The van der Waals surface area contributed by atoms with Gasteiger partial charge < -0.3 is 10.4 Å². The van der Waals surface area contributed by atoms with Gasteiger partial charge in [-0.2, -0.15) is 0 Å². The Morgan fingerprint density at radius 1 is 1.35 bits per heavy atom. The zero-order valence-electron chi connectivity index (χ0n) is 10.9. The first-order valence-corrected chi connectivity index (χ1v) is 7.22. The summed E-state index contributed by atoms with van der Waals surface area (Å²) >= 11 is 0. The fourth-order valence-corrected chi connectivity index (χ4v) is 2.29. The van der Waals surface area contributed by atoms with Gasteiger partial charge in [0.15, 0.2) is 14.6 Å². The number of halogens is 1. The highest BCUT2D eigenvalue weighted by molar-refractivity contribution is 7.94. The maximum absolute atomic E-state index is 12.9. The Kier molecular flexibility index (Phi) is 4.49. The number of anilines is 1. The largest absolute Gasteiger partial charge is 0.480 e. The van der Waals surface area contributed by atoms with E-state index < -0.39 is 38.0 Å². The second kappa shape index (κ2) is 5.58. The van der Waals surface area contributed by atoms with Crippen LogP contribution in [0.15, 0.2) is 24.3 Å². The van der Waals surface area contributed by atoms with Crippen LogP contribution in [0.5, 0.6) is 0 Å². The quantitative estimate of drug-likeness (QED) is 0.846. The molecule has 2 N–H and O–H groups in total. The van der Waals surface area contributed by atoms with Gasteiger partial charge in [-0.3, -0.25) is 9.59 Å². The number of aliphatic carboxylic acids is 1. The Bertz CT molecular complexity index is 639. The molecule has 1 amide bonds. The molecule has 110 valence electrons. The lowest BCUT2D eigenvalue weighted by atomic mass is 10.2. The third-order valence-corrected chi connectivity index (χ3v) is 5.09. The highest BCUT2D eigenvalue weighted by Gasteiger charge is 2.42. The highest BCUT2D eigenvalue weighted by atomic mass is 32.2. The summed E-state index contributed by atoms with van der Waals surface area (Å²) in [6.07, 6.45) is 0. The van der Waals surface area contributed by atoms with Crippen molar-refractivity contribution in [2.24, 2.45) is 0 Å². The molecule has 1 aromatic carbocycles. The van der Waals surface area contributed by atoms with E-state index in [4.69, 9.17) is 5.11 Å². The van der Waals surface area contributed by atoms with Crippen LogP contribution in [0.2, 0.25) is 0 Å². The van der Waals surface area contributed by atoms with Gasteiger partial charge in [-0.05, 0) is 32.0 Å². The minimum atomic E-state index is -4.19. The predicted molar refractivity (Wildman–Crippen MR) is 70.5 cm³/mol. The monoisotopic (exact) mass is 303 g/mol. The molecule has 0 heterocycles. The molecule has 0 fully saturated rings. The van der Waals surface area contributed by atoms with Crippen molar-refractivity contribution in [2.45, 2.75) is 18.6 Å². The molecule has 0 bridgehead atoms. The van der Waals surface area contributed by atoms with E-state index in [1.807, 2.05) is 0 Å². The summed E-state index contributed by atoms with van der Waals surface area (Å²) in [7, 11) is -4.19. The Balaban J connectivity index is 2.84. The van der Waals surface area contributed by atoms with Gasteiger partial charge in [-0.25, -0.2) is 12.8 Å². The van der Waals surface area contributed by atoms with E-state index in [1.165, 1.54) is 18.2 Å². The molecule has 1 rings (SSSR count). The number of amides is 1. The summed E-state index contributed by atoms with van der Waals surface area (Å²) in [6, 6.07) is 4.92. The van der Waals surface area contributed by atoms with Crippen LogP contribution in [0, 0.1) is 5.82 Å². The van der Waals surface area contributed by atoms with Crippen LogP contribution in [0.25, 0.3) is 0 Å². The second-order valence-electron chi connectivity index (χ2n) is 4.63. The normalized spacial score (nSPS) is 11.9. The Hall–Kier alpha value is -1.96. The fourth-order valence-electron chi connectivity index (χ4n) is 1.25. The number of sulfone groups is 1. The van der Waals surface area contributed by atoms with Crippen molar-refractivity contribution in [3.05, 3.63) is 30.1 Å². The first-order valence-electron chi connectivity index (χ1n) is 5.57. The van der Waals surface area contributed by atoms with Crippen molar-refractivity contribution in [2.75, 3.05) is 11.1 Å². The van der Waals surface area contributed by atoms with Crippen molar-refractivity contribution >= 4 is 27.4 Å². The topological polar surface area (TPSA) is 101 Å². The standard InChI is InChI=1S/C12H14FNO5S/c1-12(2,11(16)17)20(18,19)7-10(15)14-9-5-3-4-8(13)6-9/h3-6H,7H2,1-2H3,(H,14,15)(H,16,17). The lowest BCUT2D eigenvalue weighted by molar-refractivity contribution is -0.139. The first kappa shape index (κ1) is 16.1. The van der Waals surface area contributed by atoms with Gasteiger partial charge in [0, 0.05) is 5.69 Å². The summed E-state index contributed by atoms with van der Waals surface area (Å²) in [5.41, 5.74) is 0.0957. The van der Waals surface area contributed by atoms with E-state index in [1.54, 1.807) is 0 Å². The van der Waals surface area contributed by atoms with Crippen LogP contribution in [0.4, 0.5) is 10.1 Å². The van der Waals surface area contributed by atoms with Crippen LogP contribution in [0.3, 0.4) is 0 Å². The maximum atomic E-state index is 12.9. The lowest BCUT2D eigenvalue weighted by Gasteiger charge is -2.19. The van der Waals surface area contributed by atoms with Crippen molar-refractivity contribution in [1.29, 1.82) is 0 Å².